The van der Waals surface area contributed by atoms with Crippen LogP contribution in [-0.2, 0) is 28.9 Å². The van der Waals surface area contributed by atoms with Gasteiger partial charge in [-0.2, -0.15) is 5.10 Å². The molecule has 0 spiro atoms. The highest BCUT2D eigenvalue weighted by Gasteiger charge is 2.22. The van der Waals surface area contributed by atoms with E-state index < -0.39 is 0 Å². The van der Waals surface area contributed by atoms with Crippen molar-refractivity contribution in [1.29, 1.82) is 0 Å². The van der Waals surface area contributed by atoms with Crippen molar-refractivity contribution in [3.05, 3.63) is 32.7 Å². The van der Waals surface area contributed by atoms with E-state index in [9.17, 15) is 9.59 Å². The number of aromatic nitrogens is 4. The molecule has 1 amide bonds. The number of carbonyl (C=O) groups excluding carboxylic acids is 1. The van der Waals surface area contributed by atoms with Gasteiger partial charge in [0.15, 0.2) is 0 Å². The number of rotatable bonds is 4. The van der Waals surface area contributed by atoms with E-state index in [1.54, 1.807) is 6.07 Å². The van der Waals surface area contributed by atoms with E-state index in [-0.39, 0.29) is 24.1 Å². The zero-order valence-electron chi connectivity index (χ0n) is 14.4. The molecule has 1 unspecified atom stereocenters. The lowest BCUT2D eigenvalue weighted by atomic mass is 10.1. The summed E-state index contributed by atoms with van der Waals surface area (Å²) in [6, 6.07) is 1.63. The first kappa shape index (κ1) is 17.3. The summed E-state index contributed by atoms with van der Waals surface area (Å²) in [7, 11) is 0. The lowest BCUT2D eigenvalue weighted by Gasteiger charge is -2.09. The lowest BCUT2D eigenvalue weighted by molar-refractivity contribution is -0.117. The number of fused-ring (bicyclic) bond motifs is 1. The first-order valence-electron chi connectivity index (χ1n) is 9.04. The maximum Gasteiger partial charge on any atom is 0.267 e. The van der Waals surface area contributed by atoms with E-state index in [4.69, 9.17) is 4.74 Å². The van der Waals surface area contributed by atoms with Crippen molar-refractivity contribution in [2.45, 2.75) is 57.6 Å². The van der Waals surface area contributed by atoms with Crippen molar-refractivity contribution >= 4 is 22.4 Å². The molecular weight excluding hydrogens is 354 g/mol. The molecule has 0 bridgehead atoms. The van der Waals surface area contributed by atoms with E-state index >= 15 is 0 Å². The molecular formula is C17H21N5O3S. The van der Waals surface area contributed by atoms with Crippen LogP contribution in [-0.4, -0.2) is 32.5 Å². The van der Waals surface area contributed by atoms with Gasteiger partial charge in [0.2, 0.25) is 11.0 Å². The Morgan fingerprint density at radius 3 is 3.00 bits per heavy atom. The number of carbonyl (C=O) groups is 1. The third-order valence-corrected chi connectivity index (χ3v) is 5.64. The molecule has 1 atom stereocenters. The number of anilines is 1. The molecule has 1 aliphatic heterocycles. The molecule has 26 heavy (non-hydrogen) atoms. The lowest BCUT2D eigenvalue weighted by Crippen LogP contribution is -2.30. The standard InChI is InChI=1S/C17H21N5O3S/c23-14(18-17-20-19-16(26-17)13-7-4-8-25-13)10-22-15(24)9-11-5-2-1-3-6-12(11)21-22/h9,13H,1-8,10H2,(H,18,20,23). The molecule has 1 fully saturated rings. The Kier molecular flexibility index (Phi) is 5.07. The maximum atomic E-state index is 12.3. The first-order chi connectivity index (χ1) is 12.7. The Hall–Kier alpha value is -2.13. The van der Waals surface area contributed by atoms with Gasteiger partial charge in [-0.3, -0.25) is 14.9 Å². The second-order valence-corrected chi connectivity index (χ2v) is 7.68. The van der Waals surface area contributed by atoms with Crippen LogP contribution in [0.3, 0.4) is 0 Å². The number of aryl methyl sites for hydroxylation is 2. The van der Waals surface area contributed by atoms with Gasteiger partial charge in [-0.15, -0.1) is 10.2 Å². The van der Waals surface area contributed by atoms with E-state index in [1.807, 2.05) is 0 Å². The third-order valence-electron chi connectivity index (χ3n) is 4.71. The van der Waals surface area contributed by atoms with Crippen LogP contribution in [0.4, 0.5) is 5.13 Å². The normalized spacial score (nSPS) is 19.8. The molecule has 3 heterocycles. The van der Waals surface area contributed by atoms with Gasteiger partial charge in [-0.05, 0) is 44.1 Å². The van der Waals surface area contributed by atoms with Crippen molar-refractivity contribution in [2.24, 2.45) is 0 Å². The summed E-state index contributed by atoms with van der Waals surface area (Å²) in [5.74, 6) is -0.330. The monoisotopic (exact) mass is 375 g/mol. The van der Waals surface area contributed by atoms with Gasteiger partial charge < -0.3 is 4.74 Å². The van der Waals surface area contributed by atoms with Crippen LogP contribution < -0.4 is 10.9 Å². The molecule has 1 N–H and O–H groups in total. The molecule has 0 saturated carbocycles. The Bertz CT molecular complexity index is 856. The van der Waals surface area contributed by atoms with Crippen LogP contribution in [0.2, 0.25) is 0 Å². The molecule has 2 aromatic heterocycles. The molecule has 8 nitrogen and oxygen atoms in total. The van der Waals surface area contributed by atoms with Crippen LogP contribution in [0.25, 0.3) is 0 Å². The molecule has 1 saturated heterocycles. The second kappa shape index (κ2) is 7.63. The number of nitrogens with one attached hydrogen (secondary N) is 1. The molecule has 2 aliphatic rings. The number of ether oxygens (including phenoxy) is 1. The molecule has 0 radical (unpaired) electrons. The Balaban J connectivity index is 1.43. The average Bonchev–Trinajstić information content (AvgIpc) is 3.25. The molecule has 138 valence electrons. The molecule has 4 rings (SSSR count). The smallest absolute Gasteiger partial charge is 0.267 e. The van der Waals surface area contributed by atoms with Crippen LogP contribution in [0.15, 0.2) is 10.9 Å². The molecule has 1 aliphatic carbocycles. The van der Waals surface area contributed by atoms with Crippen LogP contribution in [0, 0.1) is 0 Å². The maximum absolute atomic E-state index is 12.3. The fourth-order valence-electron chi connectivity index (χ4n) is 3.37. The summed E-state index contributed by atoms with van der Waals surface area (Å²) in [5, 5.41) is 16.4. The Morgan fingerprint density at radius 2 is 2.15 bits per heavy atom. The first-order valence-corrected chi connectivity index (χ1v) is 9.85. The zero-order chi connectivity index (χ0) is 17.9. The zero-order valence-corrected chi connectivity index (χ0v) is 15.3. The van der Waals surface area contributed by atoms with E-state index in [2.05, 4.69) is 20.6 Å². The largest absolute Gasteiger partial charge is 0.371 e. The summed E-state index contributed by atoms with van der Waals surface area (Å²) in [6.07, 6.45) is 6.97. The van der Waals surface area contributed by atoms with Crippen molar-refractivity contribution < 1.29 is 9.53 Å². The van der Waals surface area contributed by atoms with E-state index in [0.717, 1.165) is 67.8 Å². The highest BCUT2D eigenvalue weighted by atomic mass is 32.1. The van der Waals surface area contributed by atoms with Crippen LogP contribution >= 0.6 is 11.3 Å². The molecule has 2 aromatic rings. The number of amides is 1. The van der Waals surface area contributed by atoms with Gasteiger partial charge in [-0.1, -0.05) is 17.8 Å². The van der Waals surface area contributed by atoms with Crippen molar-refractivity contribution in [2.75, 3.05) is 11.9 Å². The summed E-state index contributed by atoms with van der Waals surface area (Å²) in [4.78, 5) is 24.5. The molecule has 0 aromatic carbocycles. The van der Waals surface area contributed by atoms with Crippen LogP contribution in [0.1, 0.15) is 54.5 Å². The topological polar surface area (TPSA) is 99.0 Å². The summed E-state index contributed by atoms with van der Waals surface area (Å²) in [5.41, 5.74) is 1.72. The summed E-state index contributed by atoms with van der Waals surface area (Å²) >= 11 is 1.31. The Labute approximate surface area is 154 Å². The fraction of sp³-hybridized carbons (Fsp3) is 0.588. The predicted molar refractivity (Wildman–Crippen MR) is 96.2 cm³/mol. The summed E-state index contributed by atoms with van der Waals surface area (Å²) in [6.45, 7) is 0.611. The van der Waals surface area contributed by atoms with Crippen molar-refractivity contribution in [1.82, 2.24) is 20.0 Å². The number of nitrogens with zero attached hydrogens (tertiary/aromatic N) is 4. The minimum atomic E-state index is -0.330. The van der Waals surface area contributed by atoms with Gasteiger partial charge in [0.05, 0.1) is 5.69 Å². The highest BCUT2D eigenvalue weighted by molar-refractivity contribution is 7.15. The van der Waals surface area contributed by atoms with Gasteiger partial charge in [-0.25, -0.2) is 4.68 Å². The number of hydrogen-bond acceptors (Lipinski definition) is 7. The Morgan fingerprint density at radius 1 is 1.27 bits per heavy atom. The fourth-order valence-corrected chi connectivity index (χ4v) is 4.22. The minimum absolute atomic E-state index is 0.0213. The third kappa shape index (κ3) is 3.83. The average molecular weight is 375 g/mol. The van der Waals surface area contributed by atoms with Crippen molar-refractivity contribution in [3.63, 3.8) is 0 Å². The number of hydrogen-bond donors (Lipinski definition) is 1. The van der Waals surface area contributed by atoms with Gasteiger partial charge >= 0.3 is 0 Å². The van der Waals surface area contributed by atoms with Gasteiger partial charge in [0.25, 0.3) is 5.56 Å². The van der Waals surface area contributed by atoms with Gasteiger partial charge in [0, 0.05) is 12.7 Å². The van der Waals surface area contributed by atoms with E-state index in [1.165, 1.54) is 16.0 Å². The highest BCUT2D eigenvalue weighted by Crippen LogP contribution is 2.31. The van der Waals surface area contributed by atoms with Crippen molar-refractivity contribution in [3.8, 4) is 0 Å². The SMILES string of the molecule is O=C(Cn1nc2c(cc1=O)CCCCC2)Nc1nnc(C2CCCO2)s1. The van der Waals surface area contributed by atoms with Crippen LogP contribution in [0.5, 0.6) is 0 Å². The van der Waals surface area contributed by atoms with E-state index in [0.29, 0.717) is 5.13 Å². The van der Waals surface area contributed by atoms with Gasteiger partial charge in [0.1, 0.15) is 17.7 Å². The minimum Gasteiger partial charge on any atom is -0.371 e. The molecule has 9 heteroatoms. The second-order valence-electron chi connectivity index (χ2n) is 6.67. The summed E-state index contributed by atoms with van der Waals surface area (Å²) < 4.78 is 6.81. The predicted octanol–water partition coefficient (Wildman–Crippen LogP) is 1.85. The quantitative estimate of drug-likeness (QED) is 0.819.